The van der Waals surface area contributed by atoms with Gasteiger partial charge in [-0.05, 0) is 18.6 Å². The molecule has 1 saturated heterocycles. The Kier molecular flexibility index (Phi) is 5.11. The third-order valence-electron chi connectivity index (χ3n) is 3.20. The number of sulfone groups is 1. The van der Waals surface area contributed by atoms with Crippen molar-refractivity contribution in [1.29, 1.82) is 0 Å². The van der Waals surface area contributed by atoms with Crippen molar-refractivity contribution < 1.29 is 8.42 Å². The highest BCUT2D eigenvalue weighted by atomic mass is 32.2. The van der Waals surface area contributed by atoms with Gasteiger partial charge >= 0.3 is 0 Å². The SMILES string of the molecule is CCCCCCC1SC1=CS(=O)(=O)c1ccccc1. The van der Waals surface area contributed by atoms with Gasteiger partial charge in [0.2, 0.25) is 9.84 Å². The summed E-state index contributed by atoms with van der Waals surface area (Å²) in [4.78, 5) is 1.42. The second-order valence-electron chi connectivity index (χ2n) is 4.83. The number of benzene rings is 1. The van der Waals surface area contributed by atoms with Crippen LogP contribution in [0.15, 0.2) is 45.5 Å². The van der Waals surface area contributed by atoms with E-state index in [9.17, 15) is 8.42 Å². The van der Waals surface area contributed by atoms with Gasteiger partial charge in [-0.3, -0.25) is 0 Å². The van der Waals surface area contributed by atoms with Crippen LogP contribution >= 0.6 is 11.8 Å². The smallest absolute Gasteiger partial charge is 0.200 e. The van der Waals surface area contributed by atoms with E-state index >= 15 is 0 Å². The van der Waals surface area contributed by atoms with Crippen molar-refractivity contribution in [3.05, 3.63) is 40.6 Å². The molecule has 0 saturated carbocycles. The van der Waals surface area contributed by atoms with Crippen LogP contribution in [0.4, 0.5) is 0 Å². The summed E-state index contributed by atoms with van der Waals surface area (Å²) in [6.45, 7) is 2.20. The molecule has 0 aliphatic carbocycles. The van der Waals surface area contributed by atoms with Gasteiger partial charge in [0.25, 0.3) is 0 Å². The average Bonchev–Trinajstić information content (AvgIpc) is 3.13. The molecule has 4 heteroatoms. The summed E-state index contributed by atoms with van der Waals surface area (Å²) in [6, 6.07) is 8.64. The molecule has 104 valence electrons. The molecule has 1 aromatic rings. The van der Waals surface area contributed by atoms with Crippen LogP contribution in [0.2, 0.25) is 0 Å². The van der Waals surface area contributed by atoms with Gasteiger partial charge < -0.3 is 0 Å². The van der Waals surface area contributed by atoms with Crippen molar-refractivity contribution in [3.8, 4) is 0 Å². The summed E-state index contributed by atoms with van der Waals surface area (Å²) in [5.41, 5.74) is 0. The summed E-state index contributed by atoms with van der Waals surface area (Å²) in [7, 11) is -3.25. The Bertz CT molecular complexity index is 533. The fraction of sp³-hybridized carbons (Fsp3) is 0.467. The minimum absolute atomic E-state index is 0.389. The zero-order valence-electron chi connectivity index (χ0n) is 11.2. The molecule has 1 aliphatic rings. The summed E-state index contributed by atoms with van der Waals surface area (Å²) in [5, 5.41) is 1.90. The molecule has 1 aliphatic heterocycles. The molecule has 0 N–H and O–H groups in total. The number of thioether (sulfide) groups is 1. The van der Waals surface area contributed by atoms with E-state index < -0.39 is 9.84 Å². The van der Waals surface area contributed by atoms with Crippen LogP contribution < -0.4 is 0 Å². The highest BCUT2D eigenvalue weighted by molar-refractivity contribution is 8.12. The standard InChI is InChI=1S/C15H20O2S2/c1-2-3-4-8-11-14-15(18-14)12-19(16,17)13-9-6-5-7-10-13/h5-7,9-10,12,14H,2-4,8,11H2,1H3. The van der Waals surface area contributed by atoms with E-state index in [1.165, 1.54) is 31.1 Å². The van der Waals surface area contributed by atoms with Crippen molar-refractivity contribution in [1.82, 2.24) is 0 Å². The van der Waals surface area contributed by atoms with E-state index in [1.807, 2.05) is 6.07 Å². The normalized spacial score (nSPS) is 20.7. The fourth-order valence-electron chi connectivity index (χ4n) is 2.02. The third-order valence-corrected chi connectivity index (χ3v) is 6.04. The highest BCUT2D eigenvalue weighted by Gasteiger charge is 2.32. The summed E-state index contributed by atoms with van der Waals surface area (Å²) < 4.78 is 24.2. The molecule has 0 bridgehead atoms. The van der Waals surface area contributed by atoms with Gasteiger partial charge in [0.1, 0.15) is 0 Å². The molecule has 1 heterocycles. The number of hydrogen-bond acceptors (Lipinski definition) is 3. The lowest BCUT2D eigenvalue weighted by molar-refractivity contribution is 0.604. The molecular formula is C15H20O2S2. The molecule has 1 fully saturated rings. The van der Waals surface area contributed by atoms with Crippen molar-refractivity contribution >= 4 is 21.6 Å². The van der Waals surface area contributed by atoms with Crippen molar-refractivity contribution in [2.75, 3.05) is 0 Å². The van der Waals surface area contributed by atoms with Crippen molar-refractivity contribution in [3.63, 3.8) is 0 Å². The maximum Gasteiger partial charge on any atom is 0.200 e. The minimum atomic E-state index is -3.25. The Balaban J connectivity index is 1.90. The summed E-state index contributed by atoms with van der Waals surface area (Å²) >= 11 is 1.70. The molecule has 1 atom stereocenters. The second-order valence-corrected chi connectivity index (χ2v) is 7.91. The molecule has 0 spiro atoms. The molecule has 2 nitrogen and oxygen atoms in total. The van der Waals surface area contributed by atoms with Gasteiger partial charge in [-0.25, -0.2) is 8.42 Å². The molecule has 2 rings (SSSR count). The van der Waals surface area contributed by atoms with E-state index in [2.05, 4.69) is 6.92 Å². The number of unbranched alkanes of at least 4 members (excludes halogenated alkanes) is 3. The van der Waals surface area contributed by atoms with Gasteiger partial charge in [0.05, 0.1) is 4.90 Å². The Labute approximate surface area is 120 Å². The lowest BCUT2D eigenvalue weighted by atomic mass is 10.1. The summed E-state index contributed by atoms with van der Waals surface area (Å²) in [6.07, 6.45) is 6.09. The van der Waals surface area contributed by atoms with Crippen LogP contribution in [-0.2, 0) is 9.84 Å². The predicted molar refractivity (Wildman–Crippen MR) is 81.8 cm³/mol. The van der Waals surface area contributed by atoms with Gasteiger partial charge in [-0.1, -0.05) is 50.8 Å². The average molecular weight is 296 g/mol. The lowest BCUT2D eigenvalue weighted by Gasteiger charge is -1.97. The molecule has 1 unspecified atom stereocenters. The Hall–Kier alpha value is -0.740. The van der Waals surface area contributed by atoms with Crippen LogP contribution in [0, 0.1) is 0 Å². The van der Waals surface area contributed by atoms with E-state index in [0.29, 0.717) is 10.1 Å². The van der Waals surface area contributed by atoms with Crippen LogP contribution in [0.3, 0.4) is 0 Å². The van der Waals surface area contributed by atoms with Gasteiger partial charge in [0.15, 0.2) is 0 Å². The highest BCUT2D eigenvalue weighted by Crippen LogP contribution is 2.49. The van der Waals surface area contributed by atoms with Gasteiger partial charge in [-0.2, -0.15) is 0 Å². The monoisotopic (exact) mass is 296 g/mol. The molecule has 0 amide bonds. The number of rotatable bonds is 7. The fourth-order valence-corrected chi connectivity index (χ4v) is 4.58. The molecule has 0 aromatic heterocycles. The Morgan fingerprint density at radius 1 is 1.16 bits per heavy atom. The first-order chi connectivity index (χ1) is 9.13. The van der Waals surface area contributed by atoms with E-state index in [1.54, 1.807) is 36.0 Å². The Morgan fingerprint density at radius 3 is 2.58 bits per heavy atom. The van der Waals surface area contributed by atoms with Crippen LogP contribution in [0.5, 0.6) is 0 Å². The topological polar surface area (TPSA) is 34.1 Å². The largest absolute Gasteiger partial charge is 0.219 e. The second kappa shape index (κ2) is 6.62. The molecule has 1 aromatic carbocycles. The maximum atomic E-state index is 12.1. The zero-order chi connectivity index (χ0) is 13.7. The third kappa shape index (κ3) is 4.39. The van der Waals surface area contributed by atoms with E-state index in [-0.39, 0.29) is 0 Å². The summed E-state index contributed by atoms with van der Waals surface area (Å²) in [5.74, 6) is 0. The van der Waals surface area contributed by atoms with Crippen LogP contribution in [0.25, 0.3) is 0 Å². The van der Waals surface area contributed by atoms with E-state index in [4.69, 9.17) is 0 Å². The number of hydrogen-bond donors (Lipinski definition) is 0. The van der Waals surface area contributed by atoms with E-state index in [0.717, 1.165) is 11.3 Å². The first kappa shape index (κ1) is 14.7. The first-order valence-electron chi connectivity index (χ1n) is 6.82. The molecule has 19 heavy (non-hydrogen) atoms. The lowest BCUT2D eigenvalue weighted by Crippen LogP contribution is -1.96. The first-order valence-corrected chi connectivity index (χ1v) is 9.24. The predicted octanol–water partition coefficient (Wildman–Crippen LogP) is 4.39. The van der Waals surface area contributed by atoms with Crippen molar-refractivity contribution in [2.24, 2.45) is 0 Å². The zero-order valence-corrected chi connectivity index (χ0v) is 12.8. The molecule has 0 radical (unpaired) electrons. The van der Waals surface area contributed by atoms with Gasteiger partial charge in [0, 0.05) is 15.6 Å². The maximum absolute atomic E-state index is 12.1. The van der Waals surface area contributed by atoms with Gasteiger partial charge in [-0.15, -0.1) is 11.8 Å². The van der Waals surface area contributed by atoms with Crippen LogP contribution in [0.1, 0.15) is 39.0 Å². The van der Waals surface area contributed by atoms with Crippen molar-refractivity contribution in [2.45, 2.75) is 49.2 Å². The minimum Gasteiger partial charge on any atom is -0.219 e. The molecular weight excluding hydrogens is 276 g/mol. The Morgan fingerprint density at radius 2 is 1.89 bits per heavy atom. The van der Waals surface area contributed by atoms with Crippen LogP contribution in [-0.4, -0.2) is 13.7 Å². The quantitative estimate of drug-likeness (QED) is 0.553.